The van der Waals surface area contributed by atoms with Crippen LogP contribution >= 0.6 is 0 Å². The zero-order valence-electron chi connectivity index (χ0n) is 11.7. The molecule has 0 aliphatic rings. The Morgan fingerprint density at radius 3 is 2.50 bits per heavy atom. The number of nitrogens with zero attached hydrogens (tertiary/aromatic N) is 3. The predicted octanol–water partition coefficient (Wildman–Crippen LogP) is 2.31. The zero-order valence-corrected chi connectivity index (χ0v) is 11.7. The van der Waals surface area contributed by atoms with Crippen LogP contribution in [-0.4, -0.2) is 26.1 Å². The fourth-order valence-electron chi connectivity index (χ4n) is 1.74. The summed E-state index contributed by atoms with van der Waals surface area (Å²) in [5.74, 6) is -1.07. The van der Waals surface area contributed by atoms with Gasteiger partial charge < -0.3 is 9.84 Å². The van der Waals surface area contributed by atoms with Crippen molar-refractivity contribution in [2.75, 3.05) is 0 Å². The third-order valence-corrected chi connectivity index (χ3v) is 2.70. The number of rotatable bonds is 4. The Morgan fingerprint density at radius 1 is 1.30 bits per heavy atom. The third-order valence-electron chi connectivity index (χ3n) is 2.70. The maximum atomic E-state index is 11.4. The SMILES string of the molecule is CC(C)(C)n1nnc(OCc2ccccc2)c1C(=O)O. The van der Waals surface area contributed by atoms with Crippen molar-refractivity contribution in [3.8, 4) is 5.88 Å². The van der Waals surface area contributed by atoms with Crippen molar-refractivity contribution in [2.45, 2.75) is 32.9 Å². The van der Waals surface area contributed by atoms with E-state index in [1.807, 2.05) is 51.1 Å². The first-order chi connectivity index (χ1) is 9.39. The van der Waals surface area contributed by atoms with E-state index in [-0.39, 0.29) is 18.2 Å². The Bertz CT molecular complexity index is 600. The summed E-state index contributed by atoms with van der Waals surface area (Å²) < 4.78 is 6.84. The van der Waals surface area contributed by atoms with Gasteiger partial charge >= 0.3 is 5.97 Å². The minimum atomic E-state index is -1.10. The number of hydrogen-bond donors (Lipinski definition) is 1. The maximum absolute atomic E-state index is 11.4. The lowest BCUT2D eigenvalue weighted by Crippen LogP contribution is -2.27. The fourth-order valence-corrected chi connectivity index (χ4v) is 1.74. The fraction of sp³-hybridized carbons (Fsp3) is 0.357. The summed E-state index contributed by atoms with van der Waals surface area (Å²) in [4.78, 5) is 11.4. The molecule has 2 aromatic rings. The van der Waals surface area contributed by atoms with Gasteiger partial charge in [-0.05, 0) is 26.3 Å². The van der Waals surface area contributed by atoms with Gasteiger partial charge in [0.2, 0.25) is 5.69 Å². The van der Waals surface area contributed by atoms with E-state index in [4.69, 9.17) is 4.74 Å². The molecule has 0 spiro atoms. The van der Waals surface area contributed by atoms with Gasteiger partial charge in [0.1, 0.15) is 6.61 Å². The largest absolute Gasteiger partial charge is 0.476 e. The summed E-state index contributed by atoms with van der Waals surface area (Å²) in [5, 5.41) is 17.0. The van der Waals surface area contributed by atoms with Crippen LogP contribution in [0, 0.1) is 0 Å². The average Bonchev–Trinajstić information content (AvgIpc) is 2.81. The van der Waals surface area contributed by atoms with E-state index in [2.05, 4.69) is 10.3 Å². The highest BCUT2D eigenvalue weighted by molar-refractivity contribution is 5.88. The maximum Gasteiger partial charge on any atom is 0.359 e. The highest BCUT2D eigenvalue weighted by atomic mass is 16.5. The van der Waals surface area contributed by atoms with Crippen LogP contribution < -0.4 is 4.74 Å². The summed E-state index contributed by atoms with van der Waals surface area (Å²) in [6.07, 6.45) is 0. The lowest BCUT2D eigenvalue weighted by molar-refractivity contribution is 0.0669. The predicted molar refractivity (Wildman–Crippen MR) is 72.8 cm³/mol. The van der Waals surface area contributed by atoms with E-state index < -0.39 is 11.5 Å². The van der Waals surface area contributed by atoms with Gasteiger partial charge in [0.15, 0.2) is 0 Å². The molecular formula is C14H17N3O3. The lowest BCUT2D eigenvalue weighted by atomic mass is 10.1. The molecule has 0 fully saturated rings. The second-order valence-electron chi connectivity index (χ2n) is 5.41. The van der Waals surface area contributed by atoms with Crippen LogP contribution in [0.1, 0.15) is 36.8 Å². The van der Waals surface area contributed by atoms with Crippen LogP contribution in [0.2, 0.25) is 0 Å². The minimum absolute atomic E-state index is 0.0339. The zero-order chi connectivity index (χ0) is 14.8. The standard InChI is InChI=1S/C14H17N3O3/c1-14(2,3)17-11(13(18)19)12(15-16-17)20-9-10-7-5-4-6-8-10/h4-8H,9H2,1-3H3,(H,18,19). The molecule has 0 bridgehead atoms. The molecule has 1 heterocycles. The van der Waals surface area contributed by atoms with Crippen LogP contribution in [0.3, 0.4) is 0 Å². The molecule has 0 saturated heterocycles. The Morgan fingerprint density at radius 2 is 1.95 bits per heavy atom. The van der Waals surface area contributed by atoms with Gasteiger partial charge in [-0.15, -0.1) is 0 Å². The van der Waals surface area contributed by atoms with Crippen molar-refractivity contribution in [3.05, 3.63) is 41.6 Å². The summed E-state index contributed by atoms with van der Waals surface area (Å²) >= 11 is 0. The monoisotopic (exact) mass is 275 g/mol. The van der Waals surface area contributed by atoms with Crippen LogP contribution in [0.5, 0.6) is 5.88 Å². The van der Waals surface area contributed by atoms with E-state index in [1.54, 1.807) is 0 Å². The highest BCUT2D eigenvalue weighted by Gasteiger charge is 2.28. The van der Waals surface area contributed by atoms with Gasteiger partial charge in [-0.25, -0.2) is 9.48 Å². The van der Waals surface area contributed by atoms with Crippen molar-refractivity contribution in [3.63, 3.8) is 0 Å². The van der Waals surface area contributed by atoms with E-state index in [0.717, 1.165) is 5.56 Å². The number of aromatic carboxylic acids is 1. The molecule has 1 N–H and O–H groups in total. The molecule has 0 unspecified atom stereocenters. The van der Waals surface area contributed by atoms with Crippen LogP contribution in [-0.2, 0) is 12.1 Å². The van der Waals surface area contributed by atoms with Gasteiger partial charge in [-0.1, -0.05) is 40.6 Å². The first-order valence-corrected chi connectivity index (χ1v) is 6.26. The lowest BCUT2D eigenvalue weighted by Gasteiger charge is -2.19. The second kappa shape index (κ2) is 5.32. The summed E-state index contributed by atoms with van der Waals surface area (Å²) in [7, 11) is 0. The summed E-state index contributed by atoms with van der Waals surface area (Å²) in [6, 6.07) is 9.48. The molecule has 20 heavy (non-hydrogen) atoms. The molecule has 0 amide bonds. The quantitative estimate of drug-likeness (QED) is 0.926. The number of aromatic nitrogens is 3. The van der Waals surface area contributed by atoms with E-state index >= 15 is 0 Å². The number of ether oxygens (including phenoxy) is 1. The Labute approximate surface area is 117 Å². The number of carbonyl (C=O) groups is 1. The second-order valence-corrected chi connectivity index (χ2v) is 5.41. The third kappa shape index (κ3) is 2.96. The summed E-state index contributed by atoms with van der Waals surface area (Å²) in [5.41, 5.74) is 0.428. The van der Waals surface area contributed by atoms with Crippen LogP contribution in [0.25, 0.3) is 0 Å². The normalized spacial score (nSPS) is 11.3. The van der Waals surface area contributed by atoms with Crippen molar-refractivity contribution in [1.29, 1.82) is 0 Å². The number of carboxylic acids is 1. The molecule has 0 radical (unpaired) electrons. The molecule has 0 saturated carbocycles. The first kappa shape index (κ1) is 14.0. The number of hydrogen-bond acceptors (Lipinski definition) is 4. The van der Waals surface area contributed by atoms with Gasteiger partial charge in [-0.2, -0.15) is 0 Å². The molecule has 6 nitrogen and oxygen atoms in total. The van der Waals surface area contributed by atoms with E-state index in [0.29, 0.717) is 0 Å². The van der Waals surface area contributed by atoms with Gasteiger partial charge in [0, 0.05) is 0 Å². The van der Waals surface area contributed by atoms with E-state index in [1.165, 1.54) is 4.68 Å². The molecular weight excluding hydrogens is 258 g/mol. The smallest absolute Gasteiger partial charge is 0.359 e. The number of carboxylic acid groups (broad SMARTS) is 1. The van der Waals surface area contributed by atoms with Gasteiger partial charge in [0.25, 0.3) is 5.88 Å². The highest BCUT2D eigenvalue weighted by Crippen LogP contribution is 2.22. The van der Waals surface area contributed by atoms with Crippen LogP contribution in [0.15, 0.2) is 30.3 Å². The molecule has 0 aliphatic carbocycles. The van der Waals surface area contributed by atoms with Crippen molar-refractivity contribution < 1.29 is 14.6 Å². The first-order valence-electron chi connectivity index (χ1n) is 6.26. The van der Waals surface area contributed by atoms with Crippen molar-refractivity contribution >= 4 is 5.97 Å². The Hall–Kier alpha value is -2.37. The molecule has 106 valence electrons. The molecule has 2 rings (SSSR count). The molecule has 6 heteroatoms. The van der Waals surface area contributed by atoms with Crippen LogP contribution in [0.4, 0.5) is 0 Å². The Kier molecular flexibility index (Phi) is 3.74. The van der Waals surface area contributed by atoms with Gasteiger partial charge in [0.05, 0.1) is 5.54 Å². The average molecular weight is 275 g/mol. The molecule has 0 aliphatic heterocycles. The van der Waals surface area contributed by atoms with Crippen molar-refractivity contribution in [1.82, 2.24) is 15.0 Å². The van der Waals surface area contributed by atoms with E-state index in [9.17, 15) is 9.90 Å². The van der Waals surface area contributed by atoms with Gasteiger partial charge in [-0.3, -0.25) is 0 Å². The topological polar surface area (TPSA) is 77.2 Å². The summed E-state index contributed by atoms with van der Waals surface area (Å²) in [6.45, 7) is 5.82. The Balaban J connectivity index is 2.24. The number of benzene rings is 1. The van der Waals surface area contributed by atoms with Crippen molar-refractivity contribution in [2.24, 2.45) is 0 Å². The molecule has 0 atom stereocenters. The minimum Gasteiger partial charge on any atom is -0.476 e. The molecule has 1 aromatic carbocycles. The molecule has 1 aromatic heterocycles.